The Hall–Kier alpha value is -1.90. The topological polar surface area (TPSA) is 18.5 Å². The fourth-order valence-corrected chi connectivity index (χ4v) is 4.64. The van der Waals surface area contributed by atoms with Crippen LogP contribution in [0.25, 0.3) is 0 Å². The normalized spacial score (nSPS) is 18.2. The molecule has 0 saturated heterocycles. The lowest BCUT2D eigenvalue weighted by Gasteiger charge is -2.20. The quantitative estimate of drug-likeness (QED) is 0.0801. The summed E-state index contributed by atoms with van der Waals surface area (Å²) in [5.41, 5.74) is -0.143. The Balaban J connectivity index is 4.22. The molecule has 0 saturated carbocycles. The lowest BCUT2D eigenvalue weighted by molar-refractivity contribution is 0.0251. The molecule has 0 aromatic heterocycles. The van der Waals surface area contributed by atoms with Gasteiger partial charge in [-0.05, 0) is 108 Å². The zero-order chi connectivity index (χ0) is 33.4. The van der Waals surface area contributed by atoms with Gasteiger partial charge in [-0.3, -0.25) is 0 Å². The lowest BCUT2D eigenvalue weighted by Crippen LogP contribution is -2.20. The van der Waals surface area contributed by atoms with Crippen molar-refractivity contribution in [3.63, 3.8) is 0 Å². The first-order valence-electron chi connectivity index (χ1n) is 17.5. The third-order valence-corrected chi connectivity index (χ3v) is 8.43. The van der Waals surface area contributed by atoms with Crippen molar-refractivity contribution in [2.75, 3.05) is 14.2 Å². The van der Waals surface area contributed by atoms with E-state index in [4.69, 9.17) is 9.47 Å². The first-order valence-corrected chi connectivity index (χ1v) is 17.5. The van der Waals surface area contributed by atoms with Gasteiger partial charge >= 0.3 is 0 Å². The lowest BCUT2D eigenvalue weighted by atomic mass is 9.96. The number of methoxy groups -OCH3 is 2. The number of hydrogen-bond acceptors (Lipinski definition) is 2. The smallest absolute Gasteiger partial charge is 0.0657 e. The Labute approximate surface area is 275 Å². The van der Waals surface area contributed by atoms with Crippen LogP contribution in [0.1, 0.15) is 121 Å². The van der Waals surface area contributed by atoms with Gasteiger partial charge in [0.2, 0.25) is 0 Å². The van der Waals surface area contributed by atoms with Crippen LogP contribution in [-0.4, -0.2) is 25.4 Å². The highest BCUT2D eigenvalue weighted by Crippen LogP contribution is 2.19. The molecule has 0 aliphatic heterocycles. The van der Waals surface area contributed by atoms with Crippen LogP contribution in [0, 0.1) is 35.5 Å². The molecule has 2 heteroatoms. The van der Waals surface area contributed by atoms with Crippen LogP contribution in [-0.2, 0) is 9.47 Å². The van der Waals surface area contributed by atoms with E-state index in [1.165, 1.54) is 19.3 Å². The molecule has 0 bridgehead atoms. The van der Waals surface area contributed by atoms with Crippen molar-refractivity contribution in [3.8, 4) is 0 Å². The number of allylic oxidation sites excluding steroid dienone is 12. The first kappa shape index (κ1) is 42.1. The van der Waals surface area contributed by atoms with Gasteiger partial charge in [0, 0.05) is 14.2 Å². The summed E-state index contributed by atoms with van der Waals surface area (Å²) in [6.07, 6.45) is 41.4. The van der Waals surface area contributed by atoms with Gasteiger partial charge in [0.05, 0.1) is 11.2 Å². The van der Waals surface area contributed by atoms with Crippen molar-refractivity contribution in [1.29, 1.82) is 0 Å². The highest BCUT2D eigenvalue weighted by Gasteiger charge is 2.14. The maximum atomic E-state index is 5.50. The Kier molecular flexibility index (Phi) is 23.3. The molecule has 0 aliphatic carbocycles. The number of hydrogen-bond donors (Lipinski definition) is 0. The van der Waals surface area contributed by atoms with Crippen LogP contribution >= 0.6 is 0 Å². The number of ether oxygens (including phenoxy) is 2. The molecule has 0 rings (SSSR count). The molecule has 0 spiro atoms. The minimum absolute atomic E-state index is 0.0643. The fourth-order valence-electron chi connectivity index (χ4n) is 4.64. The Morgan fingerprint density at radius 1 is 0.455 bits per heavy atom. The van der Waals surface area contributed by atoms with Crippen LogP contribution in [0.15, 0.2) is 85.1 Å². The van der Waals surface area contributed by atoms with Gasteiger partial charge in [-0.2, -0.15) is 0 Å². The summed E-state index contributed by atoms with van der Waals surface area (Å²) in [6.45, 7) is 22.3. The molecule has 2 nitrogen and oxygen atoms in total. The van der Waals surface area contributed by atoms with Crippen molar-refractivity contribution < 1.29 is 9.47 Å². The predicted molar refractivity (Wildman–Crippen MR) is 198 cm³/mol. The van der Waals surface area contributed by atoms with Crippen LogP contribution in [0.5, 0.6) is 0 Å². The van der Waals surface area contributed by atoms with Gasteiger partial charge in [-0.25, -0.2) is 0 Å². The van der Waals surface area contributed by atoms with Gasteiger partial charge in [0.15, 0.2) is 0 Å². The van der Waals surface area contributed by atoms with Gasteiger partial charge in [-0.1, -0.05) is 133 Å². The van der Waals surface area contributed by atoms with Crippen LogP contribution < -0.4 is 0 Å². The zero-order valence-electron chi connectivity index (χ0n) is 31.0. The van der Waals surface area contributed by atoms with Crippen molar-refractivity contribution in [2.24, 2.45) is 35.5 Å². The minimum Gasteiger partial charge on any atom is -0.378 e. The van der Waals surface area contributed by atoms with E-state index < -0.39 is 0 Å². The molecule has 0 aromatic carbocycles. The van der Waals surface area contributed by atoms with Crippen LogP contribution in [0.2, 0.25) is 0 Å². The number of rotatable bonds is 24. The van der Waals surface area contributed by atoms with E-state index >= 15 is 0 Å². The van der Waals surface area contributed by atoms with Crippen molar-refractivity contribution in [2.45, 2.75) is 132 Å². The summed E-state index contributed by atoms with van der Waals surface area (Å²) in [5.74, 6) is 3.40. The van der Waals surface area contributed by atoms with Gasteiger partial charge in [0.25, 0.3) is 0 Å². The molecular weight excluding hydrogens is 536 g/mol. The van der Waals surface area contributed by atoms with Crippen LogP contribution in [0.4, 0.5) is 0 Å². The van der Waals surface area contributed by atoms with E-state index in [9.17, 15) is 0 Å². The van der Waals surface area contributed by atoms with E-state index in [1.807, 2.05) is 0 Å². The molecule has 0 fully saturated rings. The van der Waals surface area contributed by atoms with Gasteiger partial charge < -0.3 is 9.47 Å². The predicted octanol–water partition coefficient (Wildman–Crippen LogP) is 12.7. The SMILES string of the molecule is COC(C)(C)C/C=C\C(C)CCCC(C)/C=C/CC(C)/C=C/C=C/C(C)/C=C/CC(C)/C=C/CC(C)/C=C/CC(C)(C)OC. The molecule has 6 unspecified atom stereocenters. The standard InChI is InChI=1S/C42H72O2/c1-35(23-15-25-37(3)27-17-29-39(5)31-19-33-41(7,8)43-11)21-13-14-22-36(2)24-16-26-38(4)28-18-30-40(6)32-20-34-42(9,10)44-12/h13-17,19-23,26-27,31-32,35-40H,18,24-25,28-30,33-34H2,1-12H3/b21-13+,22-14+,23-15+,26-16+,27-17+,31-19+,32-20-. The first-order chi connectivity index (χ1) is 20.7. The van der Waals surface area contributed by atoms with E-state index in [2.05, 4.69) is 154 Å². The molecule has 44 heavy (non-hydrogen) atoms. The summed E-state index contributed by atoms with van der Waals surface area (Å²) < 4.78 is 11.0. The van der Waals surface area contributed by atoms with Crippen molar-refractivity contribution in [1.82, 2.24) is 0 Å². The molecule has 0 N–H and O–H groups in total. The second kappa shape index (κ2) is 24.3. The maximum absolute atomic E-state index is 5.50. The average molecular weight is 609 g/mol. The van der Waals surface area contributed by atoms with E-state index in [0.717, 1.165) is 32.1 Å². The summed E-state index contributed by atoms with van der Waals surface area (Å²) in [7, 11) is 3.57. The molecule has 252 valence electrons. The van der Waals surface area contributed by atoms with Crippen molar-refractivity contribution >= 4 is 0 Å². The largest absolute Gasteiger partial charge is 0.378 e. The van der Waals surface area contributed by atoms with E-state index in [1.54, 1.807) is 14.2 Å². The minimum atomic E-state index is -0.0787. The summed E-state index contributed by atoms with van der Waals surface area (Å²) in [5, 5.41) is 0. The highest BCUT2D eigenvalue weighted by molar-refractivity contribution is 5.09. The van der Waals surface area contributed by atoms with E-state index in [0.29, 0.717) is 35.5 Å². The maximum Gasteiger partial charge on any atom is 0.0657 e. The molecule has 0 heterocycles. The molecule has 0 amide bonds. The third-order valence-electron chi connectivity index (χ3n) is 8.43. The summed E-state index contributed by atoms with van der Waals surface area (Å²) >= 11 is 0. The third kappa shape index (κ3) is 25.4. The Morgan fingerprint density at radius 2 is 0.818 bits per heavy atom. The second-order valence-electron chi connectivity index (χ2n) is 14.6. The summed E-state index contributed by atoms with van der Waals surface area (Å²) in [6, 6.07) is 0. The molecule has 0 radical (unpaired) electrons. The average Bonchev–Trinajstić information content (AvgIpc) is 2.95. The molecule has 0 aromatic rings. The van der Waals surface area contributed by atoms with Crippen molar-refractivity contribution in [3.05, 3.63) is 85.1 Å². The molecule has 6 atom stereocenters. The fraction of sp³-hybridized carbons (Fsp3) is 0.667. The summed E-state index contributed by atoms with van der Waals surface area (Å²) in [4.78, 5) is 0. The van der Waals surface area contributed by atoms with Gasteiger partial charge in [-0.15, -0.1) is 0 Å². The van der Waals surface area contributed by atoms with Crippen LogP contribution in [0.3, 0.4) is 0 Å². The second-order valence-corrected chi connectivity index (χ2v) is 14.6. The Morgan fingerprint density at radius 3 is 1.30 bits per heavy atom. The monoisotopic (exact) mass is 609 g/mol. The van der Waals surface area contributed by atoms with E-state index in [-0.39, 0.29) is 11.2 Å². The molecular formula is C42H72O2. The zero-order valence-corrected chi connectivity index (χ0v) is 31.0. The molecule has 0 aliphatic rings. The Bertz CT molecular complexity index is 910. The highest BCUT2D eigenvalue weighted by atomic mass is 16.5. The van der Waals surface area contributed by atoms with Gasteiger partial charge in [0.1, 0.15) is 0 Å².